The lowest BCUT2D eigenvalue weighted by Gasteiger charge is -2.30. The standard InChI is InChI=1S/C18H38N2O4/c1-7-9-19(3,4)13-17(21)15-23-11-12-24-16-18(22)14-20(5,6)10-8-2/h7-8,17-18,21-22H,1-2,9-16H2,3-6H3/q+2. The van der Waals surface area contributed by atoms with E-state index in [-0.39, 0.29) is 13.2 Å². The van der Waals surface area contributed by atoms with Crippen molar-refractivity contribution in [2.75, 3.05) is 80.8 Å². The van der Waals surface area contributed by atoms with E-state index in [0.717, 1.165) is 13.1 Å². The molecule has 0 bridgehead atoms. The number of likely N-dealkylation sites (N-methyl/N-ethyl adjacent to an activating group) is 2. The number of hydrogen-bond acceptors (Lipinski definition) is 4. The Morgan fingerprint density at radius 3 is 1.42 bits per heavy atom. The number of hydrogen-bond donors (Lipinski definition) is 2. The van der Waals surface area contributed by atoms with Crippen LogP contribution in [0.5, 0.6) is 0 Å². The molecule has 0 aliphatic rings. The molecule has 0 saturated heterocycles. The third-order valence-corrected chi connectivity index (χ3v) is 3.65. The Balaban J connectivity index is 3.73. The third kappa shape index (κ3) is 12.6. The SMILES string of the molecule is C=CC[N+](C)(C)CC(O)COCCOCC(O)C[N+](C)(C)CC=C. The maximum atomic E-state index is 9.97. The van der Waals surface area contributed by atoms with Crippen molar-refractivity contribution in [1.29, 1.82) is 0 Å². The van der Waals surface area contributed by atoms with Crippen LogP contribution in [0.3, 0.4) is 0 Å². The summed E-state index contributed by atoms with van der Waals surface area (Å²) in [6.45, 7) is 11.7. The van der Waals surface area contributed by atoms with Crippen LogP contribution in [-0.4, -0.2) is 112 Å². The summed E-state index contributed by atoms with van der Waals surface area (Å²) < 4.78 is 12.2. The fourth-order valence-electron chi connectivity index (χ4n) is 2.65. The molecule has 0 aliphatic heterocycles. The van der Waals surface area contributed by atoms with Gasteiger partial charge >= 0.3 is 0 Å². The summed E-state index contributed by atoms with van der Waals surface area (Å²) >= 11 is 0. The zero-order valence-electron chi connectivity index (χ0n) is 16.0. The fourth-order valence-corrected chi connectivity index (χ4v) is 2.65. The molecule has 0 aromatic carbocycles. The second-order valence-corrected chi connectivity index (χ2v) is 7.64. The van der Waals surface area contributed by atoms with Crippen LogP contribution < -0.4 is 0 Å². The van der Waals surface area contributed by atoms with E-state index in [0.29, 0.717) is 35.3 Å². The van der Waals surface area contributed by atoms with Crippen molar-refractivity contribution in [3.05, 3.63) is 25.3 Å². The van der Waals surface area contributed by atoms with Crippen LogP contribution in [0.1, 0.15) is 0 Å². The van der Waals surface area contributed by atoms with Gasteiger partial charge in [-0.15, -0.1) is 0 Å². The molecule has 6 nitrogen and oxygen atoms in total. The molecule has 2 unspecified atom stereocenters. The minimum absolute atomic E-state index is 0.286. The molecule has 0 spiro atoms. The van der Waals surface area contributed by atoms with E-state index in [9.17, 15) is 10.2 Å². The molecule has 0 saturated carbocycles. The second kappa shape index (κ2) is 11.7. The maximum Gasteiger partial charge on any atom is 0.126 e. The molecule has 0 amide bonds. The van der Waals surface area contributed by atoms with Gasteiger partial charge in [0.1, 0.15) is 25.3 Å². The van der Waals surface area contributed by atoms with Crippen LogP contribution in [0.2, 0.25) is 0 Å². The van der Waals surface area contributed by atoms with Gasteiger partial charge in [-0.1, -0.05) is 13.2 Å². The monoisotopic (exact) mass is 346 g/mol. The first kappa shape index (κ1) is 23.2. The summed E-state index contributed by atoms with van der Waals surface area (Å²) in [7, 11) is 8.17. The van der Waals surface area contributed by atoms with Gasteiger partial charge in [0.25, 0.3) is 0 Å². The first-order valence-electron chi connectivity index (χ1n) is 8.49. The molecule has 2 atom stereocenters. The Bertz CT molecular complexity index is 325. The first-order valence-corrected chi connectivity index (χ1v) is 8.49. The molecule has 0 rings (SSSR count). The molecule has 0 aromatic heterocycles. The Kier molecular flexibility index (Phi) is 11.4. The van der Waals surface area contributed by atoms with Crippen molar-refractivity contribution in [3.8, 4) is 0 Å². The van der Waals surface area contributed by atoms with Gasteiger partial charge in [-0.2, -0.15) is 0 Å². The molecule has 0 aliphatic carbocycles. The Morgan fingerprint density at radius 1 is 0.792 bits per heavy atom. The Labute approximate surface area is 147 Å². The number of nitrogens with zero attached hydrogens (tertiary/aromatic N) is 2. The zero-order chi connectivity index (χ0) is 18.6. The third-order valence-electron chi connectivity index (χ3n) is 3.65. The maximum absolute atomic E-state index is 9.97. The van der Waals surface area contributed by atoms with Crippen molar-refractivity contribution in [1.82, 2.24) is 0 Å². The van der Waals surface area contributed by atoms with Gasteiger partial charge in [0.05, 0.1) is 67.7 Å². The molecule has 0 fully saturated rings. The summed E-state index contributed by atoms with van der Waals surface area (Å²) in [5.41, 5.74) is 0. The summed E-state index contributed by atoms with van der Waals surface area (Å²) in [6, 6.07) is 0. The minimum Gasteiger partial charge on any atom is -0.385 e. The Hall–Kier alpha value is -0.760. The van der Waals surface area contributed by atoms with Crippen molar-refractivity contribution in [2.45, 2.75) is 12.2 Å². The highest BCUT2D eigenvalue weighted by Crippen LogP contribution is 2.02. The molecular formula is C18H38N2O4+2. The van der Waals surface area contributed by atoms with E-state index < -0.39 is 12.2 Å². The molecular weight excluding hydrogens is 308 g/mol. The van der Waals surface area contributed by atoms with E-state index >= 15 is 0 Å². The quantitative estimate of drug-likeness (QED) is 0.254. The van der Waals surface area contributed by atoms with Crippen LogP contribution in [-0.2, 0) is 9.47 Å². The van der Waals surface area contributed by atoms with Gasteiger partial charge in [-0.3, -0.25) is 0 Å². The summed E-state index contributed by atoms with van der Waals surface area (Å²) in [5.74, 6) is 0. The number of aliphatic hydroxyl groups excluding tert-OH is 2. The molecule has 6 heteroatoms. The fraction of sp³-hybridized carbons (Fsp3) is 0.778. The highest BCUT2D eigenvalue weighted by Gasteiger charge is 2.20. The predicted octanol–water partition coefficient (Wildman–Crippen LogP) is 0.266. The van der Waals surface area contributed by atoms with E-state index in [2.05, 4.69) is 13.2 Å². The first-order chi connectivity index (χ1) is 11.1. The Morgan fingerprint density at radius 2 is 1.12 bits per heavy atom. The lowest BCUT2D eigenvalue weighted by Crippen LogP contribution is -2.46. The van der Waals surface area contributed by atoms with E-state index in [4.69, 9.17) is 9.47 Å². The van der Waals surface area contributed by atoms with E-state index in [1.165, 1.54) is 0 Å². The van der Waals surface area contributed by atoms with Gasteiger partial charge in [0.15, 0.2) is 0 Å². The van der Waals surface area contributed by atoms with Crippen molar-refractivity contribution < 1.29 is 28.7 Å². The summed E-state index contributed by atoms with van der Waals surface area (Å²) in [6.07, 6.45) is 2.67. The number of ether oxygens (including phenoxy) is 2. The number of quaternary nitrogens is 2. The lowest BCUT2D eigenvalue weighted by molar-refractivity contribution is -0.887. The highest BCUT2D eigenvalue weighted by atomic mass is 16.5. The molecule has 24 heavy (non-hydrogen) atoms. The van der Waals surface area contributed by atoms with Gasteiger partial charge in [0.2, 0.25) is 0 Å². The van der Waals surface area contributed by atoms with Crippen LogP contribution in [0.4, 0.5) is 0 Å². The van der Waals surface area contributed by atoms with Crippen LogP contribution in [0.25, 0.3) is 0 Å². The lowest BCUT2D eigenvalue weighted by atomic mass is 10.3. The molecule has 0 radical (unpaired) electrons. The van der Waals surface area contributed by atoms with Crippen molar-refractivity contribution >= 4 is 0 Å². The van der Waals surface area contributed by atoms with Crippen molar-refractivity contribution in [3.63, 3.8) is 0 Å². The smallest absolute Gasteiger partial charge is 0.126 e. The number of aliphatic hydroxyl groups is 2. The summed E-state index contributed by atoms with van der Waals surface area (Å²) in [5, 5.41) is 19.9. The largest absolute Gasteiger partial charge is 0.385 e. The van der Waals surface area contributed by atoms with Gasteiger partial charge in [-0.05, 0) is 12.2 Å². The molecule has 0 aromatic rings. The van der Waals surface area contributed by atoms with Crippen LogP contribution in [0, 0.1) is 0 Å². The van der Waals surface area contributed by atoms with E-state index in [1.54, 1.807) is 0 Å². The van der Waals surface area contributed by atoms with Crippen LogP contribution in [0.15, 0.2) is 25.3 Å². The molecule has 142 valence electrons. The van der Waals surface area contributed by atoms with Gasteiger partial charge < -0.3 is 28.7 Å². The van der Waals surface area contributed by atoms with Crippen LogP contribution >= 0.6 is 0 Å². The molecule has 2 N–H and O–H groups in total. The minimum atomic E-state index is -0.512. The predicted molar refractivity (Wildman–Crippen MR) is 97.7 cm³/mol. The topological polar surface area (TPSA) is 58.9 Å². The van der Waals surface area contributed by atoms with Gasteiger partial charge in [-0.25, -0.2) is 0 Å². The van der Waals surface area contributed by atoms with Crippen molar-refractivity contribution in [2.24, 2.45) is 0 Å². The average Bonchev–Trinajstić information content (AvgIpc) is 2.41. The number of rotatable bonds is 15. The highest BCUT2D eigenvalue weighted by molar-refractivity contribution is 4.66. The zero-order valence-corrected chi connectivity index (χ0v) is 16.0. The normalized spacial score (nSPS) is 15.1. The second-order valence-electron chi connectivity index (χ2n) is 7.64. The summed E-state index contributed by atoms with van der Waals surface area (Å²) in [4.78, 5) is 0. The van der Waals surface area contributed by atoms with E-state index in [1.807, 2.05) is 40.3 Å². The molecule has 0 heterocycles. The average molecular weight is 347 g/mol. The van der Waals surface area contributed by atoms with Gasteiger partial charge in [0, 0.05) is 0 Å².